The summed E-state index contributed by atoms with van der Waals surface area (Å²) in [5.41, 5.74) is 7.05. The summed E-state index contributed by atoms with van der Waals surface area (Å²) in [6.07, 6.45) is 0.0753. The van der Waals surface area contributed by atoms with Crippen molar-refractivity contribution in [1.29, 1.82) is 0 Å². The fourth-order valence-corrected chi connectivity index (χ4v) is 2.49. The largest absolute Gasteiger partial charge is 0.484 e. The van der Waals surface area contributed by atoms with Gasteiger partial charge >= 0.3 is 0 Å². The van der Waals surface area contributed by atoms with Crippen LogP contribution < -0.4 is 15.8 Å². The molecule has 1 aromatic carbocycles. The minimum atomic E-state index is 0.0753. The van der Waals surface area contributed by atoms with Gasteiger partial charge in [0, 0.05) is 6.04 Å². The number of nitrogen functional groups attached to an aromatic ring is 1. The van der Waals surface area contributed by atoms with Crippen LogP contribution >= 0.6 is 11.5 Å². The molecule has 1 heterocycles. The number of benzene rings is 1. The van der Waals surface area contributed by atoms with Crippen LogP contribution in [0.25, 0.3) is 0 Å². The van der Waals surface area contributed by atoms with E-state index in [0.717, 1.165) is 5.00 Å². The summed E-state index contributed by atoms with van der Waals surface area (Å²) in [7, 11) is 0. The van der Waals surface area contributed by atoms with E-state index in [0.29, 0.717) is 11.6 Å². The lowest BCUT2D eigenvalue weighted by atomic mass is 10.1. The standard InChI is InChI=1S/C14H19N3OS/c1-9(2)18-12-13(15)17-19-14(12)16-10(3)11-7-5-4-6-8-11/h4-10,16H,1-3H3,(H2,15,17). The van der Waals surface area contributed by atoms with Crippen molar-refractivity contribution in [2.45, 2.75) is 32.9 Å². The highest BCUT2D eigenvalue weighted by molar-refractivity contribution is 7.11. The van der Waals surface area contributed by atoms with Crippen molar-refractivity contribution in [3.63, 3.8) is 0 Å². The highest BCUT2D eigenvalue weighted by atomic mass is 32.1. The number of anilines is 2. The second-order valence-electron chi connectivity index (χ2n) is 4.67. The van der Waals surface area contributed by atoms with E-state index in [4.69, 9.17) is 10.5 Å². The third-order valence-corrected chi connectivity index (χ3v) is 3.45. The fraction of sp³-hybridized carbons (Fsp3) is 0.357. The van der Waals surface area contributed by atoms with Gasteiger partial charge in [0.05, 0.1) is 6.10 Å². The molecule has 0 radical (unpaired) electrons. The van der Waals surface area contributed by atoms with E-state index in [1.807, 2.05) is 32.0 Å². The van der Waals surface area contributed by atoms with Gasteiger partial charge in [-0.1, -0.05) is 30.3 Å². The van der Waals surface area contributed by atoms with Crippen LogP contribution in [0.15, 0.2) is 30.3 Å². The zero-order valence-electron chi connectivity index (χ0n) is 11.4. The van der Waals surface area contributed by atoms with Crippen LogP contribution in [0.1, 0.15) is 32.4 Å². The number of rotatable bonds is 5. The first-order chi connectivity index (χ1) is 9.08. The average Bonchev–Trinajstić information content (AvgIpc) is 2.72. The van der Waals surface area contributed by atoms with E-state index in [1.165, 1.54) is 17.1 Å². The zero-order valence-corrected chi connectivity index (χ0v) is 12.2. The molecule has 0 aliphatic heterocycles. The first kappa shape index (κ1) is 13.7. The summed E-state index contributed by atoms with van der Waals surface area (Å²) in [4.78, 5) is 0. The van der Waals surface area contributed by atoms with Gasteiger partial charge in [0.25, 0.3) is 0 Å². The molecule has 2 aromatic rings. The normalized spacial score (nSPS) is 12.4. The lowest BCUT2D eigenvalue weighted by Crippen LogP contribution is -2.10. The summed E-state index contributed by atoms with van der Waals surface area (Å²) >= 11 is 1.33. The molecule has 3 N–H and O–H groups in total. The molecule has 0 spiro atoms. The third-order valence-electron chi connectivity index (χ3n) is 2.67. The van der Waals surface area contributed by atoms with E-state index in [-0.39, 0.29) is 12.1 Å². The third kappa shape index (κ3) is 3.38. The molecule has 0 fully saturated rings. The average molecular weight is 277 g/mol. The van der Waals surface area contributed by atoms with Crippen molar-refractivity contribution in [3.05, 3.63) is 35.9 Å². The van der Waals surface area contributed by atoms with Gasteiger partial charge in [0.2, 0.25) is 0 Å². The molecular formula is C14H19N3OS. The van der Waals surface area contributed by atoms with Gasteiger partial charge in [-0.05, 0) is 37.9 Å². The predicted molar refractivity (Wildman–Crippen MR) is 80.8 cm³/mol. The Morgan fingerprint density at radius 2 is 1.89 bits per heavy atom. The van der Waals surface area contributed by atoms with Gasteiger partial charge in [-0.15, -0.1) is 0 Å². The molecule has 2 rings (SSSR count). The molecule has 0 bridgehead atoms. The molecule has 5 heteroatoms. The summed E-state index contributed by atoms with van der Waals surface area (Å²) in [5.74, 6) is 1.10. The second-order valence-corrected chi connectivity index (χ2v) is 5.44. The maximum Gasteiger partial charge on any atom is 0.197 e. The molecule has 1 aromatic heterocycles. The molecule has 0 amide bonds. The Bertz CT molecular complexity index is 525. The quantitative estimate of drug-likeness (QED) is 0.875. The monoisotopic (exact) mass is 277 g/mol. The molecule has 102 valence electrons. The lowest BCUT2D eigenvalue weighted by Gasteiger charge is -2.16. The van der Waals surface area contributed by atoms with Gasteiger partial charge in [-0.3, -0.25) is 0 Å². The van der Waals surface area contributed by atoms with Gasteiger partial charge in [-0.25, -0.2) is 0 Å². The Hall–Kier alpha value is -1.75. The topological polar surface area (TPSA) is 60.2 Å². The summed E-state index contributed by atoms with van der Waals surface area (Å²) < 4.78 is 9.86. The summed E-state index contributed by atoms with van der Waals surface area (Å²) in [6.45, 7) is 6.05. The van der Waals surface area contributed by atoms with Crippen molar-refractivity contribution in [1.82, 2.24) is 4.37 Å². The van der Waals surface area contributed by atoms with E-state index < -0.39 is 0 Å². The Balaban J connectivity index is 2.15. The van der Waals surface area contributed by atoms with Crippen molar-refractivity contribution in [3.8, 4) is 5.75 Å². The Kier molecular flexibility index (Phi) is 4.27. The van der Waals surface area contributed by atoms with Gasteiger partial charge in [0.15, 0.2) is 16.6 Å². The Morgan fingerprint density at radius 3 is 2.53 bits per heavy atom. The van der Waals surface area contributed by atoms with E-state index in [9.17, 15) is 0 Å². The van der Waals surface area contributed by atoms with Gasteiger partial charge in [-0.2, -0.15) is 4.37 Å². The van der Waals surface area contributed by atoms with Gasteiger partial charge in [0.1, 0.15) is 0 Å². The van der Waals surface area contributed by atoms with Crippen LogP contribution in [0.3, 0.4) is 0 Å². The highest BCUT2D eigenvalue weighted by Gasteiger charge is 2.16. The number of hydrogen-bond donors (Lipinski definition) is 2. The highest BCUT2D eigenvalue weighted by Crippen LogP contribution is 2.37. The first-order valence-corrected chi connectivity index (χ1v) is 7.08. The smallest absolute Gasteiger partial charge is 0.197 e. The van der Waals surface area contributed by atoms with Crippen molar-refractivity contribution >= 4 is 22.4 Å². The minimum absolute atomic E-state index is 0.0753. The minimum Gasteiger partial charge on any atom is -0.484 e. The fourth-order valence-electron chi connectivity index (χ4n) is 1.76. The summed E-state index contributed by atoms with van der Waals surface area (Å²) in [5, 5.41) is 4.28. The summed E-state index contributed by atoms with van der Waals surface area (Å²) in [6, 6.07) is 10.4. The van der Waals surface area contributed by atoms with Crippen molar-refractivity contribution in [2.24, 2.45) is 0 Å². The van der Waals surface area contributed by atoms with E-state index in [1.54, 1.807) is 0 Å². The molecule has 1 atom stereocenters. The molecule has 0 aliphatic carbocycles. The van der Waals surface area contributed by atoms with Gasteiger partial charge < -0.3 is 15.8 Å². The molecule has 0 aliphatic rings. The maximum atomic E-state index is 5.84. The molecule has 0 saturated heterocycles. The number of aromatic nitrogens is 1. The van der Waals surface area contributed by atoms with Crippen LogP contribution in [0.2, 0.25) is 0 Å². The number of hydrogen-bond acceptors (Lipinski definition) is 5. The van der Waals surface area contributed by atoms with Crippen LogP contribution in [0.5, 0.6) is 5.75 Å². The second kappa shape index (κ2) is 5.93. The Labute approximate surface area is 117 Å². The SMILES string of the molecule is CC(C)Oc1c(N)nsc1NC(C)c1ccccc1. The zero-order chi connectivity index (χ0) is 13.8. The molecule has 19 heavy (non-hydrogen) atoms. The number of nitrogens with one attached hydrogen (secondary N) is 1. The number of ether oxygens (including phenoxy) is 1. The molecular weight excluding hydrogens is 258 g/mol. The van der Waals surface area contributed by atoms with E-state index in [2.05, 4.69) is 28.7 Å². The lowest BCUT2D eigenvalue weighted by molar-refractivity contribution is 0.245. The van der Waals surface area contributed by atoms with E-state index >= 15 is 0 Å². The number of nitrogens with two attached hydrogens (primary N) is 1. The maximum absolute atomic E-state index is 5.84. The molecule has 4 nitrogen and oxygen atoms in total. The van der Waals surface area contributed by atoms with Crippen molar-refractivity contribution < 1.29 is 4.74 Å². The Morgan fingerprint density at radius 1 is 1.21 bits per heavy atom. The van der Waals surface area contributed by atoms with Crippen LogP contribution in [-0.2, 0) is 0 Å². The van der Waals surface area contributed by atoms with Crippen LogP contribution in [0.4, 0.5) is 10.8 Å². The predicted octanol–water partition coefficient (Wildman–Crippen LogP) is 3.69. The molecule has 1 unspecified atom stereocenters. The molecule has 0 saturated carbocycles. The van der Waals surface area contributed by atoms with Crippen molar-refractivity contribution in [2.75, 3.05) is 11.1 Å². The van der Waals surface area contributed by atoms with Crippen LogP contribution in [0, 0.1) is 0 Å². The van der Waals surface area contributed by atoms with Crippen LogP contribution in [-0.4, -0.2) is 10.5 Å². The first-order valence-electron chi connectivity index (χ1n) is 6.31. The number of nitrogens with zero attached hydrogens (tertiary/aromatic N) is 1.